The van der Waals surface area contributed by atoms with Crippen LogP contribution in [-0.2, 0) is 0 Å². The van der Waals surface area contributed by atoms with Gasteiger partial charge in [-0.3, -0.25) is 0 Å². The standard InChI is InChI=1S/C10H15NS/c1-3-9-11(2)12-10-7-5-4-6-8-10/h4-8H,3,9H2,1-2H3. The molecule has 0 N–H and O–H groups in total. The molecule has 0 aromatic heterocycles. The summed E-state index contributed by atoms with van der Waals surface area (Å²) >= 11 is 1.80. The Balaban J connectivity index is 2.41. The quantitative estimate of drug-likeness (QED) is 0.657. The van der Waals surface area contributed by atoms with E-state index in [-0.39, 0.29) is 0 Å². The Morgan fingerprint density at radius 3 is 2.50 bits per heavy atom. The van der Waals surface area contributed by atoms with Crippen molar-refractivity contribution in [2.75, 3.05) is 13.6 Å². The van der Waals surface area contributed by atoms with Gasteiger partial charge >= 0.3 is 0 Å². The third kappa shape index (κ3) is 3.28. The Labute approximate surface area is 78.9 Å². The van der Waals surface area contributed by atoms with E-state index in [0.717, 1.165) is 6.54 Å². The molecule has 0 saturated heterocycles. The fourth-order valence-electron chi connectivity index (χ4n) is 1.02. The van der Waals surface area contributed by atoms with Gasteiger partial charge < -0.3 is 0 Å². The summed E-state index contributed by atoms with van der Waals surface area (Å²) in [5.41, 5.74) is 0. The molecule has 1 aromatic rings. The molecule has 66 valence electrons. The Kier molecular flexibility index (Phi) is 4.19. The van der Waals surface area contributed by atoms with Crippen LogP contribution in [-0.4, -0.2) is 17.9 Å². The predicted octanol–water partition coefficient (Wildman–Crippen LogP) is 3.04. The summed E-state index contributed by atoms with van der Waals surface area (Å²) in [6, 6.07) is 10.5. The lowest BCUT2D eigenvalue weighted by molar-refractivity contribution is 0.559. The summed E-state index contributed by atoms with van der Waals surface area (Å²) in [4.78, 5) is 1.31. The maximum atomic E-state index is 2.26. The third-order valence-electron chi connectivity index (χ3n) is 1.54. The van der Waals surface area contributed by atoms with Gasteiger partial charge in [-0.2, -0.15) is 0 Å². The first-order valence-electron chi connectivity index (χ1n) is 4.27. The highest BCUT2D eigenvalue weighted by Crippen LogP contribution is 2.19. The van der Waals surface area contributed by atoms with Gasteiger partial charge in [-0.05, 0) is 37.5 Å². The van der Waals surface area contributed by atoms with Gasteiger partial charge in [-0.15, -0.1) is 0 Å². The first-order chi connectivity index (χ1) is 5.83. The molecule has 0 heterocycles. The third-order valence-corrected chi connectivity index (χ3v) is 2.52. The summed E-state index contributed by atoms with van der Waals surface area (Å²) in [5.74, 6) is 0. The molecule has 0 fully saturated rings. The van der Waals surface area contributed by atoms with Gasteiger partial charge in [-0.1, -0.05) is 25.1 Å². The largest absolute Gasteiger partial charge is 0.249 e. The molecule has 0 atom stereocenters. The smallest absolute Gasteiger partial charge is 0.0230 e. The van der Waals surface area contributed by atoms with Crippen LogP contribution < -0.4 is 0 Å². The van der Waals surface area contributed by atoms with E-state index in [0.29, 0.717) is 0 Å². The molecule has 0 aliphatic carbocycles. The predicted molar refractivity (Wildman–Crippen MR) is 55.2 cm³/mol. The van der Waals surface area contributed by atoms with E-state index >= 15 is 0 Å². The average Bonchev–Trinajstić information content (AvgIpc) is 2.06. The molecule has 1 aromatic carbocycles. The normalized spacial score (nSPS) is 10.6. The van der Waals surface area contributed by atoms with Crippen molar-refractivity contribution in [3.8, 4) is 0 Å². The molecule has 0 spiro atoms. The zero-order valence-corrected chi connectivity index (χ0v) is 8.47. The highest BCUT2D eigenvalue weighted by Gasteiger charge is 1.97. The van der Waals surface area contributed by atoms with E-state index in [9.17, 15) is 0 Å². The van der Waals surface area contributed by atoms with Crippen LogP contribution in [0.3, 0.4) is 0 Å². The Morgan fingerprint density at radius 1 is 1.25 bits per heavy atom. The summed E-state index contributed by atoms with van der Waals surface area (Å²) in [5, 5.41) is 0. The van der Waals surface area contributed by atoms with Gasteiger partial charge in [0.05, 0.1) is 0 Å². The summed E-state index contributed by atoms with van der Waals surface area (Å²) in [6.45, 7) is 3.33. The lowest BCUT2D eigenvalue weighted by Gasteiger charge is -2.13. The maximum Gasteiger partial charge on any atom is 0.0230 e. The van der Waals surface area contributed by atoms with Gasteiger partial charge in [0, 0.05) is 11.4 Å². The SMILES string of the molecule is CCCN(C)Sc1ccccc1. The zero-order chi connectivity index (χ0) is 8.81. The lowest BCUT2D eigenvalue weighted by atomic mass is 10.4. The van der Waals surface area contributed by atoms with E-state index < -0.39 is 0 Å². The molecule has 0 amide bonds. The van der Waals surface area contributed by atoms with Crippen LogP contribution in [0.15, 0.2) is 35.2 Å². The van der Waals surface area contributed by atoms with E-state index in [1.165, 1.54) is 11.3 Å². The van der Waals surface area contributed by atoms with Crippen molar-refractivity contribution < 1.29 is 0 Å². The van der Waals surface area contributed by atoms with Crippen LogP contribution in [0.4, 0.5) is 0 Å². The Bertz CT molecular complexity index is 210. The molecule has 1 nitrogen and oxygen atoms in total. The maximum absolute atomic E-state index is 2.26. The first-order valence-corrected chi connectivity index (χ1v) is 5.04. The van der Waals surface area contributed by atoms with Gasteiger partial charge in [0.15, 0.2) is 0 Å². The van der Waals surface area contributed by atoms with Crippen molar-refractivity contribution in [1.29, 1.82) is 0 Å². The topological polar surface area (TPSA) is 3.24 Å². The van der Waals surface area contributed by atoms with Crippen LogP contribution in [0, 0.1) is 0 Å². The number of nitrogens with zero attached hydrogens (tertiary/aromatic N) is 1. The number of benzene rings is 1. The Hall–Kier alpha value is -0.470. The number of rotatable bonds is 4. The second-order valence-electron chi connectivity index (χ2n) is 2.76. The molecule has 0 unspecified atom stereocenters. The van der Waals surface area contributed by atoms with Gasteiger partial charge in [-0.25, -0.2) is 4.31 Å². The number of hydrogen-bond acceptors (Lipinski definition) is 2. The molecule has 2 heteroatoms. The molecular formula is C10H15NS. The van der Waals surface area contributed by atoms with Crippen molar-refractivity contribution in [2.24, 2.45) is 0 Å². The monoisotopic (exact) mass is 181 g/mol. The number of hydrogen-bond donors (Lipinski definition) is 0. The summed E-state index contributed by atoms with van der Waals surface area (Å²) < 4.78 is 2.26. The minimum Gasteiger partial charge on any atom is -0.249 e. The van der Waals surface area contributed by atoms with Gasteiger partial charge in [0.2, 0.25) is 0 Å². The van der Waals surface area contributed by atoms with E-state index in [2.05, 4.69) is 42.5 Å². The molecule has 0 radical (unpaired) electrons. The van der Waals surface area contributed by atoms with Crippen molar-refractivity contribution in [3.63, 3.8) is 0 Å². The van der Waals surface area contributed by atoms with Crippen molar-refractivity contribution in [3.05, 3.63) is 30.3 Å². The van der Waals surface area contributed by atoms with Crippen LogP contribution in [0.2, 0.25) is 0 Å². The second kappa shape index (κ2) is 5.22. The molecular weight excluding hydrogens is 166 g/mol. The van der Waals surface area contributed by atoms with E-state index in [4.69, 9.17) is 0 Å². The zero-order valence-electron chi connectivity index (χ0n) is 7.66. The molecule has 0 bridgehead atoms. The minimum absolute atomic E-state index is 1.14. The fourth-order valence-corrected chi connectivity index (χ4v) is 1.93. The van der Waals surface area contributed by atoms with Crippen LogP contribution in [0.1, 0.15) is 13.3 Å². The van der Waals surface area contributed by atoms with Crippen molar-refractivity contribution in [2.45, 2.75) is 18.2 Å². The highest BCUT2D eigenvalue weighted by molar-refractivity contribution is 7.97. The first kappa shape index (κ1) is 9.62. The second-order valence-corrected chi connectivity index (χ2v) is 4.03. The van der Waals surface area contributed by atoms with Gasteiger partial charge in [0.25, 0.3) is 0 Å². The fraction of sp³-hybridized carbons (Fsp3) is 0.400. The highest BCUT2D eigenvalue weighted by atomic mass is 32.2. The van der Waals surface area contributed by atoms with Crippen LogP contribution in [0.25, 0.3) is 0 Å². The lowest BCUT2D eigenvalue weighted by Crippen LogP contribution is -2.08. The summed E-state index contributed by atoms with van der Waals surface area (Å²) in [7, 11) is 2.13. The van der Waals surface area contributed by atoms with E-state index in [1.54, 1.807) is 11.9 Å². The van der Waals surface area contributed by atoms with Crippen LogP contribution >= 0.6 is 11.9 Å². The van der Waals surface area contributed by atoms with Gasteiger partial charge in [0.1, 0.15) is 0 Å². The van der Waals surface area contributed by atoms with Crippen molar-refractivity contribution in [1.82, 2.24) is 4.31 Å². The molecule has 12 heavy (non-hydrogen) atoms. The molecule has 0 saturated carbocycles. The molecule has 0 aliphatic heterocycles. The molecule has 0 aliphatic rings. The summed E-state index contributed by atoms with van der Waals surface area (Å²) in [6.07, 6.45) is 1.20. The van der Waals surface area contributed by atoms with Crippen molar-refractivity contribution >= 4 is 11.9 Å². The Morgan fingerprint density at radius 2 is 1.92 bits per heavy atom. The average molecular weight is 181 g/mol. The van der Waals surface area contributed by atoms with E-state index in [1.807, 2.05) is 6.07 Å². The minimum atomic E-state index is 1.14. The van der Waals surface area contributed by atoms with Crippen LogP contribution in [0.5, 0.6) is 0 Å². The molecule has 1 rings (SSSR count).